The first kappa shape index (κ1) is 15.7. The Morgan fingerprint density at radius 1 is 1.11 bits per heavy atom. The first-order valence-corrected chi connectivity index (χ1v) is 8.37. The number of methoxy groups -OCH3 is 1. The maximum Gasteiger partial charge on any atom is 0.348 e. The molecule has 7 nitrogen and oxygen atoms in total. The normalized spacial score (nSPS) is 19.6. The second-order valence-electron chi connectivity index (χ2n) is 6.28. The molecule has 2 aliphatic heterocycles. The summed E-state index contributed by atoms with van der Waals surface area (Å²) in [5, 5.41) is 0.629. The van der Waals surface area contributed by atoms with Gasteiger partial charge in [0.05, 0.1) is 24.0 Å². The van der Waals surface area contributed by atoms with Gasteiger partial charge in [0.15, 0.2) is 11.5 Å². The molecule has 0 N–H and O–H groups in total. The van der Waals surface area contributed by atoms with Gasteiger partial charge in [0.2, 0.25) is 12.9 Å². The summed E-state index contributed by atoms with van der Waals surface area (Å²) < 4.78 is 27.1. The number of ether oxygens (including phenoxy) is 4. The van der Waals surface area contributed by atoms with E-state index in [1.807, 2.05) is 6.07 Å². The van der Waals surface area contributed by atoms with Crippen molar-refractivity contribution < 1.29 is 28.2 Å². The van der Waals surface area contributed by atoms with Gasteiger partial charge in [-0.2, -0.15) is 0 Å². The van der Waals surface area contributed by atoms with E-state index in [0.29, 0.717) is 39.3 Å². The van der Waals surface area contributed by atoms with Gasteiger partial charge < -0.3 is 23.4 Å². The summed E-state index contributed by atoms with van der Waals surface area (Å²) >= 11 is 0. The molecule has 3 heterocycles. The predicted molar refractivity (Wildman–Crippen MR) is 93.3 cm³/mol. The Morgan fingerprint density at radius 2 is 1.93 bits per heavy atom. The third kappa shape index (κ3) is 2.28. The molecule has 0 amide bonds. The van der Waals surface area contributed by atoms with E-state index in [1.54, 1.807) is 36.4 Å². The van der Waals surface area contributed by atoms with E-state index in [2.05, 4.69) is 0 Å². The maximum absolute atomic E-state index is 12.7. The summed E-state index contributed by atoms with van der Waals surface area (Å²) in [6.07, 6.45) is -1.00. The second-order valence-corrected chi connectivity index (χ2v) is 6.28. The van der Waals surface area contributed by atoms with Gasteiger partial charge in [-0.05, 0) is 29.8 Å². The van der Waals surface area contributed by atoms with Crippen molar-refractivity contribution in [1.29, 1.82) is 0 Å². The third-order valence-corrected chi connectivity index (χ3v) is 4.85. The van der Waals surface area contributed by atoms with Gasteiger partial charge >= 0.3 is 11.6 Å². The van der Waals surface area contributed by atoms with Crippen LogP contribution in [0.2, 0.25) is 0 Å². The van der Waals surface area contributed by atoms with Crippen molar-refractivity contribution in [3.8, 4) is 17.2 Å². The Balaban J connectivity index is 1.75. The number of benzene rings is 2. The van der Waals surface area contributed by atoms with Crippen molar-refractivity contribution in [2.24, 2.45) is 0 Å². The standard InChI is InChI=1S/C20H14O7/c1-23-20(22)18-15(10-6-7-13-14(8-10)25-9-24-13)16-17(27-18)11-4-2-3-5-12(11)26-19(16)21/h2-8,15,18H,9H2,1H3. The zero-order chi connectivity index (χ0) is 18.5. The monoisotopic (exact) mass is 366 g/mol. The zero-order valence-corrected chi connectivity index (χ0v) is 14.3. The summed E-state index contributed by atoms with van der Waals surface area (Å²) in [5.74, 6) is 0.257. The Hall–Kier alpha value is -3.48. The van der Waals surface area contributed by atoms with Crippen LogP contribution in [0.25, 0.3) is 11.0 Å². The minimum absolute atomic E-state index is 0.129. The molecule has 0 saturated heterocycles. The van der Waals surface area contributed by atoms with E-state index in [1.165, 1.54) is 7.11 Å². The minimum atomic E-state index is -1.00. The van der Waals surface area contributed by atoms with Crippen LogP contribution in [-0.2, 0) is 9.53 Å². The lowest BCUT2D eigenvalue weighted by molar-refractivity contribution is -0.148. The molecule has 0 saturated carbocycles. The molecule has 0 fully saturated rings. The van der Waals surface area contributed by atoms with Crippen molar-refractivity contribution >= 4 is 16.9 Å². The highest BCUT2D eigenvalue weighted by atomic mass is 16.7. The van der Waals surface area contributed by atoms with E-state index in [-0.39, 0.29) is 6.79 Å². The predicted octanol–water partition coefficient (Wildman–Crippen LogP) is 2.59. The van der Waals surface area contributed by atoms with Crippen LogP contribution < -0.4 is 19.8 Å². The molecule has 1 aromatic heterocycles. The maximum atomic E-state index is 12.7. The number of rotatable bonds is 2. The lowest BCUT2D eigenvalue weighted by Gasteiger charge is -2.17. The summed E-state index contributed by atoms with van der Waals surface area (Å²) in [4.78, 5) is 25.2. The molecule has 0 aliphatic carbocycles. The SMILES string of the molecule is COC(=O)C1Oc2c(c(=O)oc3ccccc23)C1c1ccc2c(c1)OCO2. The Morgan fingerprint density at radius 3 is 2.78 bits per heavy atom. The molecular weight excluding hydrogens is 352 g/mol. The molecule has 2 aliphatic rings. The molecule has 0 spiro atoms. The summed E-state index contributed by atoms with van der Waals surface area (Å²) in [6.45, 7) is 0.129. The van der Waals surface area contributed by atoms with E-state index in [0.717, 1.165) is 0 Å². The second kappa shape index (κ2) is 5.77. The summed E-state index contributed by atoms with van der Waals surface area (Å²) in [5.41, 5.74) is 0.827. The van der Waals surface area contributed by atoms with Crippen molar-refractivity contribution in [3.05, 3.63) is 64.0 Å². The Kier molecular flexibility index (Phi) is 3.36. The number of hydrogen-bond donors (Lipinski definition) is 0. The number of hydrogen-bond acceptors (Lipinski definition) is 7. The van der Waals surface area contributed by atoms with Gasteiger partial charge in [0.25, 0.3) is 0 Å². The Bertz CT molecular complexity index is 1130. The molecule has 2 atom stereocenters. The quantitative estimate of drug-likeness (QED) is 0.509. The molecule has 136 valence electrons. The number of fused-ring (bicyclic) bond motifs is 4. The molecule has 7 heteroatoms. The van der Waals surface area contributed by atoms with Crippen LogP contribution in [0.1, 0.15) is 17.0 Å². The van der Waals surface area contributed by atoms with Crippen molar-refractivity contribution in [2.75, 3.05) is 13.9 Å². The average molecular weight is 366 g/mol. The van der Waals surface area contributed by atoms with Gasteiger partial charge in [0, 0.05) is 0 Å². The van der Waals surface area contributed by atoms with Gasteiger partial charge in [-0.15, -0.1) is 0 Å². The zero-order valence-electron chi connectivity index (χ0n) is 14.3. The fraction of sp³-hybridized carbons (Fsp3) is 0.200. The highest BCUT2D eigenvalue weighted by Crippen LogP contribution is 2.46. The summed E-state index contributed by atoms with van der Waals surface area (Å²) in [7, 11) is 1.28. The molecule has 0 radical (unpaired) electrons. The van der Waals surface area contributed by atoms with Crippen LogP contribution >= 0.6 is 0 Å². The van der Waals surface area contributed by atoms with Crippen LogP contribution in [0.3, 0.4) is 0 Å². The van der Waals surface area contributed by atoms with Crippen molar-refractivity contribution in [2.45, 2.75) is 12.0 Å². The smallest absolute Gasteiger partial charge is 0.348 e. The molecule has 0 bridgehead atoms. The lowest BCUT2D eigenvalue weighted by Crippen LogP contribution is -2.31. The van der Waals surface area contributed by atoms with E-state index in [9.17, 15) is 9.59 Å². The lowest BCUT2D eigenvalue weighted by atomic mass is 9.88. The number of carbonyl (C=O) groups excluding carboxylic acids is 1. The molecule has 2 unspecified atom stereocenters. The average Bonchev–Trinajstić information content (AvgIpc) is 3.32. The van der Waals surface area contributed by atoms with Gasteiger partial charge in [-0.25, -0.2) is 9.59 Å². The van der Waals surface area contributed by atoms with E-state index in [4.69, 9.17) is 23.4 Å². The molecule has 27 heavy (non-hydrogen) atoms. The Labute approximate surface area is 153 Å². The first-order valence-electron chi connectivity index (χ1n) is 8.37. The number of para-hydroxylation sites is 1. The fourth-order valence-corrected chi connectivity index (χ4v) is 3.63. The molecule has 3 aromatic rings. The number of esters is 1. The van der Waals surface area contributed by atoms with Gasteiger partial charge in [-0.1, -0.05) is 18.2 Å². The van der Waals surface area contributed by atoms with E-state index >= 15 is 0 Å². The number of carbonyl (C=O) groups is 1. The third-order valence-electron chi connectivity index (χ3n) is 4.85. The molecule has 2 aromatic carbocycles. The fourth-order valence-electron chi connectivity index (χ4n) is 3.63. The largest absolute Gasteiger partial charge is 0.476 e. The van der Waals surface area contributed by atoms with E-state index < -0.39 is 23.6 Å². The van der Waals surface area contributed by atoms with Gasteiger partial charge in [-0.3, -0.25) is 0 Å². The van der Waals surface area contributed by atoms with Gasteiger partial charge in [0.1, 0.15) is 11.3 Å². The molecular formula is C20H14O7. The van der Waals surface area contributed by atoms with Crippen LogP contribution in [-0.4, -0.2) is 26.0 Å². The highest BCUT2D eigenvalue weighted by molar-refractivity contribution is 5.88. The minimum Gasteiger partial charge on any atom is -0.476 e. The van der Waals surface area contributed by atoms with Crippen LogP contribution in [0.15, 0.2) is 51.7 Å². The van der Waals surface area contributed by atoms with Crippen molar-refractivity contribution in [3.63, 3.8) is 0 Å². The summed E-state index contributed by atoms with van der Waals surface area (Å²) in [6, 6.07) is 12.3. The van der Waals surface area contributed by atoms with Crippen LogP contribution in [0, 0.1) is 0 Å². The van der Waals surface area contributed by atoms with Crippen molar-refractivity contribution in [1.82, 2.24) is 0 Å². The topological polar surface area (TPSA) is 84.2 Å². The molecule has 5 rings (SSSR count). The highest BCUT2D eigenvalue weighted by Gasteiger charge is 2.45. The first-order chi connectivity index (χ1) is 13.2. The van der Waals surface area contributed by atoms with Crippen LogP contribution in [0.5, 0.6) is 17.2 Å². The van der Waals surface area contributed by atoms with Crippen LogP contribution in [0.4, 0.5) is 0 Å².